The molecule has 2 aliphatic heterocycles. The first-order valence-electron chi connectivity index (χ1n) is 11.7. The number of carboxylic acids is 1. The van der Waals surface area contributed by atoms with Crippen molar-refractivity contribution in [2.45, 2.75) is 31.3 Å². The first-order chi connectivity index (χ1) is 17.8. The van der Waals surface area contributed by atoms with Crippen LogP contribution in [0.25, 0.3) is 0 Å². The molecule has 0 radical (unpaired) electrons. The topological polar surface area (TPSA) is 142 Å². The molecule has 2 aliphatic rings. The van der Waals surface area contributed by atoms with Crippen molar-refractivity contribution >= 4 is 40.6 Å². The average molecular weight is 498 g/mol. The minimum Gasteiger partial charge on any atom is -0.480 e. The molecule has 10 heteroatoms. The third-order valence-electron chi connectivity index (χ3n) is 6.57. The van der Waals surface area contributed by atoms with Gasteiger partial charge in [-0.3, -0.25) is 24.7 Å². The summed E-state index contributed by atoms with van der Waals surface area (Å²) in [5.41, 5.74) is 3.28. The van der Waals surface area contributed by atoms with Crippen molar-refractivity contribution < 1.29 is 24.4 Å². The molecule has 0 spiro atoms. The second-order valence-electron chi connectivity index (χ2n) is 8.89. The van der Waals surface area contributed by atoms with Crippen molar-refractivity contribution in [1.29, 1.82) is 0 Å². The largest absolute Gasteiger partial charge is 0.480 e. The fourth-order valence-electron chi connectivity index (χ4n) is 4.74. The second kappa shape index (κ2) is 9.65. The Hall–Kier alpha value is -4.86. The number of aliphatic imine (C=N–C) groups is 1. The van der Waals surface area contributed by atoms with Crippen molar-refractivity contribution in [3.63, 3.8) is 0 Å². The standard InChI is InChI=1S/C27H22N4O6/c32-23-13-12-22(27(34)35)30(23)15-16-6-8-18(9-7-16)28-25(17-4-2-1-3-5-17)24-20-14-19(31(36)37)10-11-21(20)29-26(24)33/h1-11,14,22,24H,12-13,15H2,(H,29,33)(H,34,35). The van der Waals surface area contributed by atoms with Gasteiger partial charge in [0.2, 0.25) is 11.8 Å². The summed E-state index contributed by atoms with van der Waals surface area (Å²) >= 11 is 0. The van der Waals surface area contributed by atoms with E-state index in [0.29, 0.717) is 34.6 Å². The summed E-state index contributed by atoms with van der Waals surface area (Å²) < 4.78 is 0. The SMILES string of the molecule is O=C1Nc2ccc([N+](=O)[O-])cc2C1C(=Nc1ccc(CN2C(=O)CCC2C(=O)O)cc1)c1ccccc1. The number of likely N-dealkylation sites (tertiary alicyclic amines) is 1. The van der Waals surface area contributed by atoms with Gasteiger partial charge in [-0.25, -0.2) is 4.79 Å². The number of fused-ring (bicyclic) bond motifs is 1. The van der Waals surface area contributed by atoms with Crippen molar-refractivity contribution in [3.8, 4) is 0 Å². The fourth-order valence-corrected chi connectivity index (χ4v) is 4.74. The van der Waals surface area contributed by atoms with Crippen LogP contribution in [-0.2, 0) is 20.9 Å². The molecule has 0 saturated carbocycles. The zero-order valence-corrected chi connectivity index (χ0v) is 19.5. The minimum atomic E-state index is -1.02. The highest BCUT2D eigenvalue weighted by Gasteiger charge is 2.37. The Morgan fingerprint density at radius 1 is 1.08 bits per heavy atom. The maximum Gasteiger partial charge on any atom is 0.326 e. The van der Waals surface area contributed by atoms with E-state index in [0.717, 1.165) is 5.56 Å². The van der Waals surface area contributed by atoms with Gasteiger partial charge in [0.25, 0.3) is 5.69 Å². The molecule has 0 aliphatic carbocycles. The average Bonchev–Trinajstić information content (AvgIpc) is 3.42. The lowest BCUT2D eigenvalue weighted by atomic mass is 9.90. The Morgan fingerprint density at radius 2 is 1.81 bits per heavy atom. The molecule has 2 unspecified atom stereocenters. The predicted octanol–water partition coefficient (Wildman–Crippen LogP) is 4.03. The number of carbonyl (C=O) groups is 3. The predicted molar refractivity (Wildman–Crippen MR) is 135 cm³/mol. The van der Waals surface area contributed by atoms with Crippen LogP contribution in [0.5, 0.6) is 0 Å². The summed E-state index contributed by atoms with van der Waals surface area (Å²) in [6.45, 7) is 0.174. The number of nitro groups is 1. The maximum atomic E-state index is 13.0. The number of carbonyl (C=O) groups excluding carboxylic acids is 2. The molecule has 2 atom stereocenters. The quantitative estimate of drug-likeness (QED) is 0.286. The van der Waals surface area contributed by atoms with E-state index in [2.05, 4.69) is 5.32 Å². The summed E-state index contributed by atoms with van der Waals surface area (Å²) in [5.74, 6) is -2.40. The summed E-state index contributed by atoms with van der Waals surface area (Å²) in [7, 11) is 0. The van der Waals surface area contributed by atoms with E-state index in [4.69, 9.17) is 4.99 Å². The lowest BCUT2D eigenvalue weighted by Gasteiger charge is -2.21. The van der Waals surface area contributed by atoms with E-state index in [1.165, 1.54) is 23.1 Å². The fraction of sp³-hybridized carbons (Fsp3) is 0.185. The lowest BCUT2D eigenvalue weighted by molar-refractivity contribution is -0.384. The van der Waals surface area contributed by atoms with E-state index in [1.807, 2.05) is 30.3 Å². The van der Waals surface area contributed by atoms with Crippen LogP contribution in [0.3, 0.4) is 0 Å². The van der Waals surface area contributed by atoms with Gasteiger partial charge in [-0.05, 0) is 35.7 Å². The molecule has 2 amide bonds. The Morgan fingerprint density at radius 3 is 2.49 bits per heavy atom. The van der Waals surface area contributed by atoms with E-state index in [-0.39, 0.29) is 30.5 Å². The van der Waals surface area contributed by atoms with Crippen LogP contribution in [0.2, 0.25) is 0 Å². The normalized spacial score (nSPS) is 19.0. The Labute approximate surface area is 211 Å². The van der Waals surface area contributed by atoms with Gasteiger partial charge in [-0.1, -0.05) is 42.5 Å². The number of nitrogens with one attached hydrogen (secondary N) is 1. The highest BCUT2D eigenvalue weighted by Crippen LogP contribution is 2.38. The van der Waals surface area contributed by atoms with Gasteiger partial charge in [0, 0.05) is 36.3 Å². The zero-order chi connectivity index (χ0) is 26.1. The van der Waals surface area contributed by atoms with Crippen LogP contribution in [-0.4, -0.2) is 44.5 Å². The van der Waals surface area contributed by atoms with E-state index >= 15 is 0 Å². The highest BCUT2D eigenvalue weighted by molar-refractivity contribution is 6.24. The molecule has 1 saturated heterocycles. The molecule has 5 rings (SSSR count). The monoisotopic (exact) mass is 498 g/mol. The smallest absolute Gasteiger partial charge is 0.326 e. The first kappa shape index (κ1) is 23.9. The number of hydrogen-bond donors (Lipinski definition) is 2. The Kier molecular flexibility index (Phi) is 6.22. The minimum absolute atomic E-state index is 0.117. The van der Waals surface area contributed by atoms with Gasteiger partial charge in [0.1, 0.15) is 12.0 Å². The first-order valence-corrected chi connectivity index (χ1v) is 11.7. The molecular weight excluding hydrogens is 476 g/mol. The Bertz CT molecular complexity index is 1440. The van der Waals surface area contributed by atoms with Crippen LogP contribution in [0, 0.1) is 10.1 Å². The van der Waals surface area contributed by atoms with E-state index in [1.54, 1.807) is 24.3 Å². The molecule has 3 aromatic rings. The van der Waals surface area contributed by atoms with Crippen LogP contribution < -0.4 is 5.32 Å². The molecule has 3 aromatic carbocycles. The van der Waals surface area contributed by atoms with Gasteiger partial charge in [0.15, 0.2) is 0 Å². The molecule has 0 aromatic heterocycles. The van der Waals surface area contributed by atoms with Crippen molar-refractivity contribution in [1.82, 2.24) is 4.90 Å². The van der Waals surface area contributed by atoms with Crippen LogP contribution in [0.15, 0.2) is 77.8 Å². The van der Waals surface area contributed by atoms with Crippen LogP contribution in [0.4, 0.5) is 17.1 Å². The second-order valence-corrected chi connectivity index (χ2v) is 8.89. The molecule has 0 bridgehead atoms. The number of nitrogens with zero attached hydrogens (tertiary/aromatic N) is 3. The molecular formula is C27H22N4O6. The van der Waals surface area contributed by atoms with Crippen molar-refractivity contribution in [3.05, 3.63) is 99.6 Å². The number of non-ortho nitro benzene ring substituents is 1. The van der Waals surface area contributed by atoms with Crippen molar-refractivity contribution in [2.24, 2.45) is 4.99 Å². The summed E-state index contributed by atoms with van der Waals surface area (Å²) in [5, 5.41) is 23.5. The third kappa shape index (κ3) is 4.68. The van der Waals surface area contributed by atoms with Crippen LogP contribution >= 0.6 is 0 Å². The molecule has 2 heterocycles. The molecule has 37 heavy (non-hydrogen) atoms. The Balaban J connectivity index is 1.49. The van der Waals surface area contributed by atoms with Gasteiger partial charge >= 0.3 is 5.97 Å². The van der Waals surface area contributed by atoms with Gasteiger partial charge in [-0.15, -0.1) is 0 Å². The number of amides is 2. The summed E-state index contributed by atoms with van der Waals surface area (Å²) in [6, 6.07) is 19.5. The van der Waals surface area contributed by atoms with Crippen LogP contribution in [0.1, 0.15) is 35.4 Å². The number of rotatable bonds is 7. The van der Waals surface area contributed by atoms with E-state index < -0.39 is 22.9 Å². The summed E-state index contributed by atoms with van der Waals surface area (Å²) in [6.07, 6.45) is 0.503. The lowest BCUT2D eigenvalue weighted by Crippen LogP contribution is -2.37. The molecule has 186 valence electrons. The number of nitro benzene ring substituents is 1. The van der Waals surface area contributed by atoms with Gasteiger partial charge in [-0.2, -0.15) is 0 Å². The number of aliphatic carboxylic acids is 1. The highest BCUT2D eigenvalue weighted by atomic mass is 16.6. The van der Waals surface area contributed by atoms with Crippen molar-refractivity contribution in [2.75, 3.05) is 5.32 Å². The van der Waals surface area contributed by atoms with E-state index in [9.17, 15) is 29.6 Å². The molecule has 10 nitrogen and oxygen atoms in total. The molecule has 1 fully saturated rings. The number of anilines is 1. The number of carboxylic acid groups (broad SMARTS) is 1. The third-order valence-corrected chi connectivity index (χ3v) is 6.57. The van der Waals surface area contributed by atoms with Gasteiger partial charge in [0.05, 0.1) is 16.3 Å². The number of benzene rings is 3. The van der Waals surface area contributed by atoms with Gasteiger partial charge < -0.3 is 15.3 Å². The summed E-state index contributed by atoms with van der Waals surface area (Å²) in [4.78, 5) is 53.7. The molecule has 2 N–H and O–H groups in total. The zero-order valence-electron chi connectivity index (χ0n) is 19.5. The maximum absolute atomic E-state index is 13.0. The number of hydrogen-bond acceptors (Lipinski definition) is 6.